The molecule has 0 saturated heterocycles. The van der Waals surface area contributed by atoms with Gasteiger partial charge in [0.25, 0.3) is 5.89 Å². The predicted molar refractivity (Wildman–Crippen MR) is 62.3 cm³/mol. The molecule has 1 unspecified atom stereocenters. The second kappa shape index (κ2) is 4.50. The fraction of sp³-hybridized carbons (Fsp3) is 0.273. The van der Waals surface area contributed by atoms with Gasteiger partial charge in [0.2, 0.25) is 5.82 Å². The number of hydrogen-bond donors (Lipinski definition) is 1. The minimum atomic E-state index is -4.68. The van der Waals surface area contributed by atoms with Crippen molar-refractivity contribution in [3.8, 4) is 11.4 Å². The minimum Gasteiger partial charge on any atom is -0.337 e. The molecule has 0 fully saturated rings. The fourth-order valence-corrected chi connectivity index (χ4v) is 1.40. The van der Waals surface area contributed by atoms with Crippen LogP contribution in [0.25, 0.3) is 11.4 Å². The van der Waals surface area contributed by atoms with Crippen LogP contribution >= 0.6 is 11.6 Å². The molecule has 0 saturated carbocycles. The van der Waals surface area contributed by atoms with Gasteiger partial charge in [-0.15, -0.1) is 0 Å². The number of nitrogens with two attached hydrogens (primary N) is 1. The SMILES string of the molecule is CC(N)(c1nc(-c2ccc(Cl)cc2)no1)C(F)(F)F. The molecule has 1 aromatic carbocycles. The van der Waals surface area contributed by atoms with Crippen molar-refractivity contribution >= 4 is 11.6 Å². The molecular formula is C11H9ClF3N3O. The topological polar surface area (TPSA) is 64.9 Å². The number of halogens is 4. The maximum atomic E-state index is 12.7. The van der Waals surface area contributed by atoms with Crippen molar-refractivity contribution in [1.29, 1.82) is 0 Å². The Hall–Kier alpha value is -1.60. The number of aromatic nitrogens is 2. The van der Waals surface area contributed by atoms with Crippen molar-refractivity contribution in [2.45, 2.75) is 18.6 Å². The zero-order chi connectivity index (χ0) is 14.3. The summed E-state index contributed by atoms with van der Waals surface area (Å²) in [7, 11) is 0. The Morgan fingerprint density at radius 3 is 2.32 bits per heavy atom. The van der Waals surface area contributed by atoms with Crippen molar-refractivity contribution in [2.75, 3.05) is 0 Å². The van der Waals surface area contributed by atoms with E-state index in [9.17, 15) is 13.2 Å². The molecule has 0 amide bonds. The van der Waals surface area contributed by atoms with Crippen LogP contribution in [0.2, 0.25) is 5.02 Å². The second-order valence-electron chi connectivity index (χ2n) is 4.13. The molecule has 1 atom stereocenters. The maximum absolute atomic E-state index is 12.7. The van der Waals surface area contributed by atoms with Crippen LogP contribution in [0.1, 0.15) is 12.8 Å². The van der Waals surface area contributed by atoms with E-state index in [1.165, 1.54) is 0 Å². The maximum Gasteiger partial charge on any atom is 0.415 e. The second-order valence-corrected chi connectivity index (χ2v) is 4.57. The highest BCUT2D eigenvalue weighted by Gasteiger charge is 2.53. The van der Waals surface area contributed by atoms with Crippen molar-refractivity contribution in [3.63, 3.8) is 0 Å². The van der Waals surface area contributed by atoms with Crippen molar-refractivity contribution in [3.05, 3.63) is 35.2 Å². The van der Waals surface area contributed by atoms with Gasteiger partial charge in [-0.2, -0.15) is 18.2 Å². The molecule has 19 heavy (non-hydrogen) atoms. The van der Waals surface area contributed by atoms with Crippen molar-refractivity contribution in [1.82, 2.24) is 10.1 Å². The first-order valence-corrected chi connectivity index (χ1v) is 5.55. The molecule has 0 bridgehead atoms. The summed E-state index contributed by atoms with van der Waals surface area (Å²) in [6, 6.07) is 6.27. The molecule has 0 aliphatic carbocycles. The van der Waals surface area contributed by atoms with E-state index in [1.54, 1.807) is 24.3 Å². The van der Waals surface area contributed by atoms with Crippen LogP contribution in [0.4, 0.5) is 13.2 Å². The summed E-state index contributed by atoms with van der Waals surface area (Å²) >= 11 is 5.70. The summed E-state index contributed by atoms with van der Waals surface area (Å²) in [5, 5.41) is 3.98. The summed E-state index contributed by atoms with van der Waals surface area (Å²) < 4.78 is 42.7. The average Bonchev–Trinajstić information content (AvgIpc) is 2.78. The van der Waals surface area contributed by atoms with Gasteiger partial charge in [0, 0.05) is 10.6 Å². The van der Waals surface area contributed by atoms with Crippen LogP contribution in [0.3, 0.4) is 0 Å². The zero-order valence-corrected chi connectivity index (χ0v) is 10.5. The molecule has 2 rings (SSSR count). The number of rotatable bonds is 2. The molecule has 0 spiro atoms. The largest absolute Gasteiger partial charge is 0.415 e. The van der Waals surface area contributed by atoms with E-state index in [0.29, 0.717) is 10.6 Å². The highest BCUT2D eigenvalue weighted by atomic mass is 35.5. The van der Waals surface area contributed by atoms with Gasteiger partial charge in [0.05, 0.1) is 0 Å². The molecule has 0 aliphatic heterocycles. The summed E-state index contributed by atoms with van der Waals surface area (Å²) in [6.45, 7) is 0.770. The van der Waals surface area contributed by atoms with Gasteiger partial charge in [-0.05, 0) is 31.2 Å². The number of alkyl halides is 3. The molecule has 1 heterocycles. The van der Waals surface area contributed by atoms with Crippen LogP contribution in [-0.4, -0.2) is 16.3 Å². The summed E-state index contributed by atoms with van der Waals surface area (Å²) in [5.41, 5.74) is 2.98. The van der Waals surface area contributed by atoms with E-state index in [-0.39, 0.29) is 5.82 Å². The minimum absolute atomic E-state index is 0.0209. The van der Waals surface area contributed by atoms with E-state index >= 15 is 0 Å². The smallest absolute Gasteiger partial charge is 0.337 e. The molecule has 0 aliphatic rings. The normalized spacial score (nSPS) is 15.3. The van der Waals surface area contributed by atoms with Crippen molar-refractivity contribution in [2.24, 2.45) is 5.73 Å². The lowest BCUT2D eigenvalue weighted by Crippen LogP contribution is -2.47. The van der Waals surface area contributed by atoms with Gasteiger partial charge in [-0.25, -0.2) is 0 Å². The molecule has 2 aromatic rings. The Labute approximate surface area is 111 Å². The van der Waals surface area contributed by atoms with Gasteiger partial charge < -0.3 is 10.3 Å². The third kappa shape index (κ3) is 2.57. The first-order chi connectivity index (χ1) is 8.72. The first-order valence-electron chi connectivity index (χ1n) is 5.17. The van der Waals surface area contributed by atoms with E-state index in [0.717, 1.165) is 6.92 Å². The van der Waals surface area contributed by atoms with E-state index in [2.05, 4.69) is 14.7 Å². The van der Waals surface area contributed by atoms with Gasteiger partial charge in [0.15, 0.2) is 5.54 Å². The molecule has 1 aromatic heterocycles. The van der Waals surface area contributed by atoms with Crippen LogP contribution in [0.5, 0.6) is 0 Å². The first kappa shape index (κ1) is 13.8. The summed E-state index contributed by atoms with van der Waals surface area (Å²) in [6.07, 6.45) is -4.68. The molecule has 102 valence electrons. The molecule has 4 nitrogen and oxygen atoms in total. The van der Waals surface area contributed by atoms with Crippen LogP contribution in [-0.2, 0) is 5.54 Å². The van der Waals surface area contributed by atoms with Gasteiger partial charge in [0.1, 0.15) is 0 Å². The van der Waals surface area contributed by atoms with E-state index < -0.39 is 17.6 Å². The predicted octanol–water partition coefficient (Wildman–Crippen LogP) is 3.13. The average molecular weight is 292 g/mol. The van der Waals surface area contributed by atoms with Crippen molar-refractivity contribution < 1.29 is 17.7 Å². The number of hydrogen-bond acceptors (Lipinski definition) is 4. The Balaban J connectivity index is 2.37. The quantitative estimate of drug-likeness (QED) is 0.923. The lowest BCUT2D eigenvalue weighted by Gasteiger charge is -2.22. The monoisotopic (exact) mass is 291 g/mol. The van der Waals surface area contributed by atoms with Gasteiger partial charge in [-0.3, -0.25) is 0 Å². The Kier molecular flexibility index (Phi) is 3.27. The highest BCUT2D eigenvalue weighted by molar-refractivity contribution is 6.30. The Bertz CT molecular complexity index is 578. The molecular weight excluding hydrogens is 283 g/mol. The Morgan fingerprint density at radius 2 is 1.79 bits per heavy atom. The van der Waals surface area contributed by atoms with Crippen LogP contribution in [0, 0.1) is 0 Å². The molecule has 8 heteroatoms. The summed E-state index contributed by atoms with van der Waals surface area (Å²) in [4.78, 5) is 3.68. The zero-order valence-electron chi connectivity index (χ0n) is 9.70. The Morgan fingerprint density at radius 1 is 1.21 bits per heavy atom. The number of nitrogens with zero attached hydrogens (tertiary/aromatic N) is 2. The van der Waals surface area contributed by atoms with Crippen LogP contribution < -0.4 is 5.73 Å². The fourth-order valence-electron chi connectivity index (χ4n) is 1.27. The highest BCUT2D eigenvalue weighted by Crippen LogP contribution is 2.36. The van der Waals surface area contributed by atoms with Crippen LogP contribution in [0.15, 0.2) is 28.8 Å². The molecule has 0 radical (unpaired) electrons. The summed E-state index contributed by atoms with van der Waals surface area (Å²) in [5.74, 6) is -0.669. The lowest BCUT2D eigenvalue weighted by molar-refractivity contribution is -0.190. The van der Waals surface area contributed by atoms with E-state index in [4.69, 9.17) is 17.3 Å². The standard InChI is InChI=1S/C11H9ClF3N3O/c1-10(16,11(13,14)15)9-17-8(18-19-9)6-2-4-7(12)5-3-6/h2-5H,16H2,1H3. The van der Waals surface area contributed by atoms with Gasteiger partial charge >= 0.3 is 6.18 Å². The lowest BCUT2D eigenvalue weighted by atomic mass is 10.0. The number of benzene rings is 1. The molecule has 2 N–H and O–H groups in total. The third-order valence-corrected chi connectivity index (χ3v) is 2.81. The van der Waals surface area contributed by atoms with E-state index in [1.807, 2.05) is 0 Å². The van der Waals surface area contributed by atoms with Gasteiger partial charge in [-0.1, -0.05) is 16.8 Å². The third-order valence-electron chi connectivity index (χ3n) is 2.56.